The zero-order valence-electron chi connectivity index (χ0n) is 8.39. The SMILES string of the molecule is N#Cc1cccc(OC2CC(CN)C2)n1. The van der Waals surface area contributed by atoms with Crippen LogP contribution in [-0.2, 0) is 0 Å². The number of aromatic nitrogens is 1. The van der Waals surface area contributed by atoms with E-state index in [2.05, 4.69) is 4.98 Å². The van der Waals surface area contributed by atoms with Crippen molar-refractivity contribution in [2.45, 2.75) is 18.9 Å². The molecule has 1 aliphatic carbocycles. The molecule has 1 fully saturated rings. The Balaban J connectivity index is 1.92. The van der Waals surface area contributed by atoms with Crippen LogP contribution in [0.1, 0.15) is 18.5 Å². The summed E-state index contributed by atoms with van der Waals surface area (Å²) in [6, 6.07) is 7.20. The Kier molecular flexibility index (Phi) is 2.84. The highest BCUT2D eigenvalue weighted by molar-refractivity contribution is 5.24. The zero-order valence-corrected chi connectivity index (χ0v) is 8.39. The first-order valence-corrected chi connectivity index (χ1v) is 5.05. The van der Waals surface area contributed by atoms with E-state index in [1.165, 1.54) is 0 Å². The van der Waals surface area contributed by atoms with Gasteiger partial charge in [-0.2, -0.15) is 5.26 Å². The molecule has 0 spiro atoms. The van der Waals surface area contributed by atoms with Gasteiger partial charge in [0.25, 0.3) is 0 Å². The van der Waals surface area contributed by atoms with Crippen molar-refractivity contribution in [2.75, 3.05) is 6.54 Å². The normalized spacial score (nSPS) is 24.0. The molecule has 0 aromatic carbocycles. The van der Waals surface area contributed by atoms with Crippen LogP contribution in [0.15, 0.2) is 18.2 Å². The maximum Gasteiger partial charge on any atom is 0.214 e. The van der Waals surface area contributed by atoms with Crippen molar-refractivity contribution in [3.8, 4) is 11.9 Å². The fourth-order valence-corrected chi connectivity index (χ4v) is 1.68. The van der Waals surface area contributed by atoms with Gasteiger partial charge >= 0.3 is 0 Å². The molecular formula is C11H13N3O. The van der Waals surface area contributed by atoms with Gasteiger partial charge in [-0.3, -0.25) is 0 Å². The lowest BCUT2D eigenvalue weighted by molar-refractivity contribution is 0.0648. The zero-order chi connectivity index (χ0) is 10.7. The number of nitrogens with two attached hydrogens (primary N) is 1. The second-order valence-electron chi connectivity index (χ2n) is 3.79. The molecule has 1 saturated carbocycles. The highest BCUT2D eigenvalue weighted by Crippen LogP contribution is 2.29. The highest BCUT2D eigenvalue weighted by atomic mass is 16.5. The average Bonchev–Trinajstić information content (AvgIpc) is 2.23. The lowest BCUT2D eigenvalue weighted by atomic mass is 9.82. The van der Waals surface area contributed by atoms with Crippen LogP contribution in [0.25, 0.3) is 0 Å². The van der Waals surface area contributed by atoms with Gasteiger partial charge < -0.3 is 10.5 Å². The minimum Gasteiger partial charge on any atom is -0.474 e. The molecular weight excluding hydrogens is 190 g/mol. The number of nitrogens with zero attached hydrogens (tertiary/aromatic N) is 2. The van der Waals surface area contributed by atoms with E-state index in [9.17, 15) is 0 Å². The van der Waals surface area contributed by atoms with Crippen LogP contribution in [0.4, 0.5) is 0 Å². The Morgan fingerprint density at radius 3 is 3.00 bits per heavy atom. The van der Waals surface area contributed by atoms with Gasteiger partial charge in [-0.15, -0.1) is 0 Å². The number of hydrogen-bond acceptors (Lipinski definition) is 4. The number of pyridine rings is 1. The third-order valence-corrected chi connectivity index (χ3v) is 2.65. The van der Waals surface area contributed by atoms with Crippen LogP contribution in [-0.4, -0.2) is 17.6 Å². The summed E-state index contributed by atoms with van der Waals surface area (Å²) in [4.78, 5) is 4.05. The summed E-state index contributed by atoms with van der Waals surface area (Å²) >= 11 is 0. The van der Waals surface area contributed by atoms with Gasteiger partial charge in [0.15, 0.2) is 0 Å². The topological polar surface area (TPSA) is 71.9 Å². The van der Waals surface area contributed by atoms with Crippen molar-refractivity contribution in [1.82, 2.24) is 4.98 Å². The summed E-state index contributed by atoms with van der Waals surface area (Å²) in [6.07, 6.45) is 2.21. The first-order chi connectivity index (χ1) is 7.31. The van der Waals surface area contributed by atoms with Crippen molar-refractivity contribution >= 4 is 0 Å². The maximum atomic E-state index is 8.66. The number of ether oxygens (including phenoxy) is 1. The number of nitriles is 1. The lowest BCUT2D eigenvalue weighted by Crippen LogP contribution is -2.37. The van der Waals surface area contributed by atoms with E-state index in [1.54, 1.807) is 18.2 Å². The first-order valence-electron chi connectivity index (χ1n) is 5.05. The van der Waals surface area contributed by atoms with E-state index in [1.807, 2.05) is 6.07 Å². The van der Waals surface area contributed by atoms with Crippen LogP contribution in [0.2, 0.25) is 0 Å². The van der Waals surface area contributed by atoms with Crippen LogP contribution in [0.5, 0.6) is 5.88 Å². The lowest BCUT2D eigenvalue weighted by Gasteiger charge is -2.34. The van der Waals surface area contributed by atoms with E-state index < -0.39 is 0 Å². The van der Waals surface area contributed by atoms with Gasteiger partial charge in [0.1, 0.15) is 17.9 Å². The molecule has 0 atom stereocenters. The Bertz CT molecular complexity index is 380. The first kappa shape index (κ1) is 9.94. The molecule has 15 heavy (non-hydrogen) atoms. The third-order valence-electron chi connectivity index (χ3n) is 2.65. The molecule has 1 aromatic heterocycles. The Labute approximate surface area is 88.7 Å². The van der Waals surface area contributed by atoms with Gasteiger partial charge in [-0.25, -0.2) is 4.98 Å². The molecule has 0 saturated heterocycles. The van der Waals surface area contributed by atoms with Crippen LogP contribution < -0.4 is 10.5 Å². The van der Waals surface area contributed by atoms with Gasteiger partial charge in [0.05, 0.1) is 0 Å². The smallest absolute Gasteiger partial charge is 0.214 e. The molecule has 0 amide bonds. The summed E-state index contributed by atoms with van der Waals surface area (Å²) in [5.74, 6) is 1.13. The largest absolute Gasteiger partial charge is 0.474 e. The predicted octanol–water partition coefficient (Wildman–Crippen LogP) is 1.07. The monoisotopic (exact) mass is 203 g/mol. The fourth-order valence-electron chi connectivity index (χ4n) is 1.68. The second kappa shape index (κ2) is 4.28. The molecule has 1 heterocycles. The molecule has 4 heteroatoms. The van der Waals surface area contributed by atoms with Gasteiger partial charge in [-0.05, 0) is 31.4 Å². The summed E-state index contributed by atoms with van der Waals surface area (Å²) in [5.41, 5.74) is 5.91. The predicted molar refractivity (Wildman–Crippen MR) is 55.1 cm³/mol. The minimum absolute atomic E-state index is 0.222. The summed E-state index contributed by atoms with van der Waals surface area (Å²) in [5, 5.41) is 8.66. The van der Waals surface area contributed by atoms with Crippen molar-refractivity contribution < 1.29 is 4.74 Å². The quantitative estimate of drug-likeness (QED) is 0.797. The molecule has 0 aliphatic heterocycles. The molecule has 0 radical (unpaired) electrons. The van der Waals surface area contributed by atoms with Crippen molar-refractivity contribution in [2.24, 2.45) is 11.7 Å². The molecule has 2 rings (SSSR count). The second-order valence-corrected chi connectivity index (χ2v) is 3.79. The van der Waals surface area contributed by atoms with E-state index in [0.29, 0.717) is 17.5 Å². The Morgan fingerprint density at radius 1 is 1.53 bits per heavy atom. The number of rotatable bonds is 3. The maximum absolute atomic E-state index is 8.66. The minimum atomic E-state index is 0.222. The molecule has 2 N–H and O–H groups in total. The summed E-state index contributed by atoms with van der Waals surface area (Å²) < 4.78 is 5.61. The highest BCUT2D eigenvalue weighted by Gasteiger charge is 2.29. The van der Waals surface area contributed by atoms with Crippen molar-refractivity contribution in [1.29, 1.82) is 5.26 Å². The molecule has 0 bridgehead atoms. The molecule has 78 valence electrons. The Hall–Kier alpha value is -1.60. The summed E-state index contributed by atoms with van der Waals surface area (Å²) in [7, 11) is 0. The van der Waals surface area contributed by atoms with Crippen LogP contribution in [0, 0.1) is 17.2 Å². The van der Waals surface area contributed by atoms with Gasteiger partial charge in [-0.1, -0.05) is 6.07 Å². The van der Waals surface area contributed by atoms with E-state index in [-0.39, 0.29) is 6.10 Å². The van der Waals surface area contributed by atoms with Gasteiger partial charge in [0.2, 0.25) is 5.88 Å². The van der Waals surface area contributed by atoms with E-state index >= 15 is 0 Å². The van der Waals surface area contributed by atoms with Crippen LogP contribution in [0.3, 0.4) is 0 Å². The summed E-state index contributed by atoms with van der Waals surface area (Å²) in [6.45, 7) is 0.728. The van der Waals surface area contributed by atoms with E-state index in [4.69, 9.17) is 15.7 Å². The standard InChI is InChI=1S/C11H13N3O/c12-6-8-4-10(5-8)15-11-3-1-2-9(7-13)14-11/h1-3,8,10H,4-6,12H2. The number of hydrogen-bond donors (Lipinski definition) is 1. The van der Waals surface area contributed by atoms with Crippen molar-refractivity contribution in [3.05, 3.63) is 23.9 Å². The Morgan fingerprint density at radius 2 is 2.33 bits per heavy atom. The van der Waals surface area contributed by atoms with E-state index in [0.717, 1.165) is 19.4 Å². The molecule has 4 nitrogen and oxygen atoms in total. The van der Waals surface area contributed by atoms with Crippen molar-refractivity contribution in [3.63, 3.8) is 0 Å². The molecule has 1 aromatic rings. The molecule has 1 aliphatic rings. The third kappa shape index (κ3) is 2.25. The fraction of sp³-hybridized carbons (Fsp3) is 0.455. The molecule has 0 unspecified atom stereocenters. The van der Waals surface area contributed by atoms with Crippen LogP contribution >= 0.6 is 0 Å². The average molecular weight is 203 g/mol. The van der Waals surface area contributed by atoms with Gasteiger partial charge in [0, 0.05) is 6.07 Å².